The molecule has 34 heavy (non-hydrogen) atoms. The van der Waals surface area contributed by atoms with Crippen molar-refractivity contribution in [2.45, 2.75) is 19.4 Å². The molecule has 4 rings (SSSR count). The fourth-order valence-corrected chi connectivity index (χ4v) is 3.68. The maximum Gasteiger partial charge on any atom is 0.352 e. The maximum atomic E-state index is 12.4. The van der Waals surface area contributed by atoms with Gasteiger partial charge in [0, 0.05) is 43.7 Å². The minimum absolute atomic E-state index is 0.0590. The predicted molar refractivity (Wildman–Crippen MR) is 125 cm³/mol. The number of H-pyrrole nitrogens is 1. The number of nitrogens with zero attached hydrogens (tertiary/aromatic N) is 2. The first-order chi connectivity index (χ1) is 16.3. The summed E-state index contributed by atoms with van der Waals surface area (Å²) < 4.78 is 17.0. The number of pyridine rings is 1. The first-order valence-electron chi connectivity index (χ1n) is 10.7. The van der Waals surface area contributed by atoms with Crippen LogP contribution in [0.15, 0.2) is 42.6 Å². The van der Waals surface area contributed by atoms with E-state index in [0.29, 0.717) is 34.9 Å². The van der Waals surface area contributed by atoms with Crippen LogP contribution < -0.4 is 9.47 Å². The number of carbonyl (C=O) groups is 2. The molecular weight excluding hydrogens is 462 g/mol. The molecule has 1 aliphatic rings. The topological polar surface area (TPSA) is 114 Å². The Kier molecular flexibility index (Phi) is 7.04. The van der Waals surface area contributed by atoms with E-state index in [4.69, 9.17) is 25.8 Å². The molecule has 3 aromatic rings. The molecule has 1 amide bonds. The van der Waals surface area contributed by atoms with Gasteiger partial charge in [0.1, 0.15) is 28.3 Å². The normalized spacial score (nSPS) is 13.8. The summed E-state index contributed by atoms with van der Waals surface area (Å²) in [4.78, 5) is 32.5. The molecule has 0 spiro atoms. The quantitative estimate of drug-likeness (QED) is 0.459. The predicted octanol–water partition coefficient (Wildman–Crippen LogP) is 4.48. The van der Waals surface area contributed by atoms with Crippen LogP contribution in [0.25, 0.3) is 11.3 Å². The van der Waals surface area contributed by atoms with Gasteiger partial charge in [0.05, 0.1) is 12.2 Å². The molecule has 0 unspecified atom stereocenters. The van der Waals surface area contributed by atoms with Crippen LogP contribution in [0.5, 0.6) is 17.4 Å². The van der Waals surface area contributed by atoms with Crippen molar-refractivity contribution < 1.29 is 28.9 Å². The van der Waals surface area contributed by atoms with E-state index < -0.39 is 5.97 Å². The fraction of sp³-hybridized carbons (Fsp3) is 0.292. The number of hydrogen-bond acceptors (Lipinski definition) is 6. The standard InChI is InChI=1S/C24H24ClN3O6/c1-14(13-32-2)33-17-8-15(20-4-5-21(27-20)24(30)31)9-18(11-17)34-22-19(25)10-16(12-26-22)23(29)28-6-3-7-28/h4-5,8-12,14,27H,3,6-7,13H2,1-2H3,(H,30,31)/t14-/m0/s1. The second-order valence-electron chi connectivity index (χ2n) is 7.93. The van der Waals surface area contributed by atoms with Gasteiger partial charge in [-0.05, 0) is 43.7 Å². The summed E-state index contributed by atoms with van der Waals surface area (Å²) in [5.41, 5.74) is 1.67. The monoisotopic (exact) mass is 485 g/mol. The Bertz CT molecular complexity index is 1210. The van der Waals surface area contributed by atoms with E-state index in [1.165, 1.54) is 18.3 Å². The second-order valence-corrected chi connectivity index (χ2v) is 8.33. The third-order valence-corrected chi connectivity index (χ3v) is 5.53. The molecule has 10 heteroatoms. The van der Waals surface area contributed by atoms with E-state index in [1.54, 1.807) is 36.3 Å². The lowest BCUT2D eigenvalue weighted by Gasteiger charge is -2.30. The molecule has 2 N–H and O–H groups in total. The second kappa shape index (κ2) is 10.1. The van der Waals surface area contributed by atoms with Crippen LogP contribution in [0.1, 0.15) is 34.2 Å². The SMILES string of the molecule is COC[C@H](C)Oc1cc(Oc2ncc(C(=O)N3CCC3)cc2Cl)cc(-c2ccc(C(=O)O)[nH]2)c1. The molecule has 1 aromatic carbocycles. The lowest BCUT2D eigenvalue weighted by Crippen LogP contribution is -2.42. The number of aromatic amines is 1. The summed E-state index contributed by atoms with van der Waals surface area (Å²) in [6.07, 6.45) is 2.19. The van der Waals surface area contributed by atoms with Crippen molar-refractivity contribution in [1.29, 1.82) is 0 Å². The zero-order valence-electron chi connectivity index (χ0n) is 18.7. The summed E-state index contributed by atoms with van der Waals surface area (Å²) in [7, 11) is 1.58. The van der Waals surface area contributed by atoms with Gasteiger partial charge in [0.15, 0.2) is 0 Å². The zero-order valence-corrected chi connectivity index (χ0v) is 19.5. The summed E-state index contributed by atoms with van der Waals surface area (Å²) in [6, 6.07) is 9.82. The Balaban J connectivity index is 1.63. The average molecular weight is 486 g/mol. The Hall–Kier alpha value is -3.56. The fourth-order valence-electron chi connectivity index (χ4n) is 3.47. The molecule has 0 bridgehead atoms. The molecule has 1 atom stereocenters. The number of rotatable bonds is 9. The van der Waals surface area contributed by atoms with Crippen molar-refractivity contribution in [3.05, 3.63) is 58.9 Å². The largest absolute Gasteiger partial charge is 0.488 e. The van der Waals surface area contributed by atoms with Gasteiger partial charge in [-0.3, -0.25) is 4.79 Å². The lowest BCUT2D eigenvalue weighted by molar-refractivity contribution is 0.0649. The molecular formula is C24H24ClN3O6. The van der Waals surface area contributed by atoms with Crippen LogP contribution in [0.4, 0.5) is 0 Å². The zero-order chi connectivity index (χ0) is 24.2. The Morgan fingerprint density at radius 3 is 2.59 bits per heavy atom. The van der Waals surface area contributed by atoms with Gasteiger partial charge in [-0.1, -0.05) is 11.6 Å². The van der Waals surface area contributed by atoms with Crippen molar-refractivity contribution in [2.75, 3.05) is 26.8 Å². The Labute approximate surface area is 201 Å². The van der Waals surface area contributed by atoms with Crippen LogP contribution in [-0.2, 0) is 4.74 Å². The van der Waals surface area contributed by atoms with Crippen LogP contribution in [-0.4, -0.2) is 64.8 Å². The third-order valence-electron chi connectivity index (χ3n) is 5.26. The molecule has 0 aliphatic carbocycles. The summed E-state index contributed by atoms with van der Waals surface area (Å²) in [6.45, 7) is 3.70. The van der Waals surface area contributed by atoms with Gasteiger partial charge in [-0.15, -0.1) is 0 Å². The van der Waals surface area contributed by atoms with E-state index in [-0.39, 0.29) is 28.6 Å². The van der Waals surface area contributed by atoms with Gasteiger partial charge >= 0.3 is 5.97 Å². The van der Waals surface area contributed by atoms with Crippen LogP contribution >= 0.6 is 11.6 Å². The molecule has 1 saturated heterocycles. The highest BCUT2D eigenvalue weighted by molar-refractivity contribution is 6.32. The van der Waals surface area contributed by atoms with E-state index >= 15 is 0 Å². The Morgan fingerprint density at radius 1 is 1.21 bits per heavy atom. The van der Waals surface area contributed by atoms with Crippen LogP contribution in [0.3, 0.4) is 0 Å². The third kappa shape index (κ3) is 5.32. The highest BCUT2D eigenvalue weighted by Crippen LogP contribution is 2.34. The summed E-state index contributed by atoms with van der Waals surface area (Å²) in [5.74, 6) is -0.178. The number of amides is 1. The number of ether oxygens (including phenoxy) is 3. The number of hydrogen-bond donors (Lipinski definition) is 2. The van der Waals surface area contributed by atoms with Gasteiger partial charge in [-0.2, -0.15) is 0 Å². The van der Waals surface area contributed by atoms with Crippen molar-refractivity contribution >= 4 is 23.5 Å². The van der Waals surface area contributed by atoms with Gasteiger partial charge < -0.3 is 29.2 Å². The first kappa shape index (κ1) is 23.6. The number of carboxylic acids is 1. The highest BCUT2D eigenvalue weighted by Gasteiger charge is 2.23. The number of nitrogens with one attached hydrogen (secondary N) is 1. The molecule has 0 saturated carbocycles. The van der Waals surface area contributed by atoms with E-state index in [9.17, 15) is 14.7 Å². The van der Waals surface area contributed by atoms with E-state index in [1.807, 2.05) is 6.92 Å². The number of benzene rings is 1. The Morgan fingerprint density at radius 2 is 1.97 bits per heavy atom. The number of halogens is 1. The smallest absolute Gasteiger partial charge is 0.352 e. The molecule has 1 fully saturated rings. The summed E-state index contributed by atoms with van der Waals surface area (Å²) in [5, 5.41) is 9.42. The molecule has 1 aliphatic heterocycles. The van der Waals surface area contributed by atoms with E-state index in [0.717, 1.165) is 19.5 Å². The molecule has 2 aromatic heterocycles. The van der Waals surface area contributed by atoms with Crippen molar-refractivity contribution in [3.63, 3.8) is 0 Å². The minimum Gasteiger partial charge on any atom is -0.488 e. The molecule has 9 nitrogen and oxygen atoms in total. The summed E-state index contributed by atoms with van der Waals surface area (Å²) >= 11 is 6.37. The van der Waals surface area contributed by atoms with Gasteiger partial charge in [-0.25, -0.2) is 9.78 Å². The van der Waals surface area contributed by atoms with Gasteiger partial charge in [0.25, 0.3) is 5.91 Å². The molecule has 0 radical (unpaired) electrons. The van der Waals surface area contributed by atoms with Crippen molar-refractivity contribution in [1.82, 2.24) is 14.9 Å². The number of methoxy groups -OCH3 is 1. The van der Waals surface area contributed by atoms with Crippen molar-refractivity contribution in [2.24, 2.45) is 0 Å². The lowest BCUT2D eigenvalue weighted by atomic mass is 10.1. The van der Waals surface area contributed by atoms with Gasteiger partial charge in [0.2, 0.25) is 5.88 Å². The number of likely N-dealkylation sites (tertiary alicyclic amines) is 1. The number of aromatic nitrogens is 2. The van der Waals surface area contributed by atoms with Crippen LogP contribution in [0, 0.1) is 0 Å². The van der Waals surface area contributed by atoms with Crippen molar-refractivity contribution in [3.8, 4) is 28.6 Å². The number of carbonyl (C=O) groups excluding carboxylic acids is 1. The maximum absolute atomic E-state index is 12.4. The highest BCUT2D eigenvalue weighted by atomic mass is 35.5. The minimum atomic E-state index is -1.06. The van der Waals surface area contributed by atoms with Crippen LogP contribution in [0.2, 0.25) is 5.02 Å². The molecule has 3 heterocycles. The number of aromatic carboxylic acids is 1. The number of carboxylic acid groups (broad SMARTS) is 1. The molecule has 178 valence electrons. The average Bonchev–Trinajstić information content (AvgIpc) is 3.25. The van der Waals surface area contributed by atoms with E-state index in [2.05, 4.69) is 9.97 Å². The first-order valence-corrected chi connectivity index (χ1v) is 11.1.